The van der Waals surface area contributed by atoms with Crippen LogP contribution in [0, 0.1) is 11.7 Å². The minimum Gasteiger partial charge on any atom is -0.383 e. The summed E-state index contributed by atoms with van der Waals surface area (Å²) in [6.45, 7) is 0.782. The second kappa shape index (κ2) is 10.1. The van der Waals surface area contributed by atoms with Crippen LogP contribution < -0.4 is 0 Å². The van der Waals surface area contributed by atoms with Gasteiger partial charge in [-0.25, -0.2) is 9.37 Å². The zero-order valence-corrected chi connectivity index (χ0v) is 19.9. The molecule has 2 fully saturated rings. The molecule has 0 bridgehead atoms. The second-order valence-corrected chi connectivity index (χ2v) is 9.16. The molecule has 3 heterocycles. The highest BCUT2D eigenvalue weighted by Gasteiger charge is 2.55. The highest BCUT2D eigenvalue weighted by molar-refractivity contribution is 6.10. The van der Waals surface area contributed by atoms with Gasteiger partial charge in [-0.05, 0) is 18.9 Å². The molecule has 9 nitrogen and oxygen atoms in total. The van der Waals surface area contributed by atoms with Crippen LogP contribution in [0.15, 0.2) is 36.7 Å². The van der Waals surface area contributed by atoms with E-state index in [4.69, 9.17) is 4.74 Å². The molecule has 10 heteroatoms. The third kappa shape index (κ3) is 4.62. The summed E-state index contributed by atoms with van der Waals surface area (Å²) in [6.07, 6.45) is 3.82. The Labute approximate surface area is 202 Å². The smallest absolute Gasteiger partial charge is 0.241 e. The Hall–Kier alpha value is -3.40. The summed E-state index contributed by atoms with van der Waals surface area (Å²) < 4.78 is 21.6. The molecule has 2 atom stereocenters. The van der Waals surface area contributed by atoms with E-state index in [9.17, 15) is 23.6 Å². The van der Waals surface area contributed by atoms with E-state index in [0.29, 0.717) is 25.2 Å². The van der Waals surface area contributed by atoms with Gasteiger partial charge in [0, 0.05) is 64.0 Å². The number of amides is 3. The van der Waals surface area contributed by atoms with Gasteiger partial charge in [0.05, 0.1) is 18.6 Å². The molecule has 0 N–H and O–H groups in total. The van der Waals surface area contributed by atoms with E-state index < -0.39 is 29.0 Å². The van der Waals surface area contributed by atoms with Gasteiger partial charge in [-0.3, -0.25) is 24.1 Å². The molecule has 35 heavy (non-hydrogen) atoms. The van der Waals surface area contributed by atoms with Gasteiger partial charge >= 0.3 is 0 Å². The summed E-state index contributed by atoms with van der Waals surface area (Å²) in [7, 11) is 3.19. The number of Topliss-reactive ketones (excluding diaryl/α,β-unsaturated/α-hetero) is 1. The normalized spacial score (nSPS) is 22.7. The summed E-state index contributed by atoms with van der Waals surface area (Å²) in [5.74, 6) is -2.33. The molecule has 186 valence electrons. The highest BCUT2D eigenvalue weighted by atomic mass is 19.1. The fourth-order valence-corrected chi connectivity index (χ4v) is 5.08. The minimum atomic E-state index is -1.64. The lowest BCUT2D eigenvalue weighted by Gasteiger charge is -2.35. The van der Waals surface area contributed by atoms with Gasteiger partial charge in [-0.2, -0.15) is 0 Å². The fourth-order valence-electron chi connectivity index (χ4n) is 5.08. The number of piperidine rings is 1. The Morgan fingerprint density at radius 2 is 2.03 bits per heavy atom. The van der Waals surface area contributed by atoms with Crippen molar-refractivity contribution in [3.05, 3.63) is 53.9 Å². The number of aryl methyl sites for hydroxylation is 1. The van der Waals surface area contributed by atoms with Crippen molar-refractivity contribution in [1.29, 1.82) is 0 Å². The van der Waals surface area contributed by atoms with E-state index >= 15 is 0 Å². The Kier molecular flexibility index (Phi) is 7.11. The molecule has 2 aliphatic rings. The molecular formula is C25H29FN4O5. The average Bonchev–Trinajstić information content (AvgIpc) is 3.38. The van der Waals surface area contributed by atoms with E-state index in [-0.39, 0.29) is 49.8 Å². The lowest BCUT2D eigenvalue weighted by Crippen LogP contribution is -2.47. The molecule has 2 saturated heterocycles. The van der Waals surface area contributed by atoms with Crippen molar-refractivity contribution >= 4 is 23.5 Å². The number of hydrogen-bond donors (Lipinski definition) is 0. The van der Waals surface area contributed by atoms with Crippen LogP contribution in [-0.4, -0.2) is 76.2 Å². The van der Waals surface area contributed by atoms with E-state index in [1.807, 2.05) is 0 Å². The highest BCUT2D eigenvalue weighted by Crippen LogP contribution is 2.41. The molecule has 1 aromatic carbocycles. The number of aromatic nitrogens is 2. The van der Waals surface area contributed by atoms with Gasteiger partial charge < -0.3 is 14.2 Å². The van der Waals surface area contributed by atoms with Gasteiger partial charge in [0.1, 0.15) is 5.82 Å². The zero-order chi connectivity index (χ0) is 25.2. The first kappa shape index (κ1) is 24.7. The van der Waals surface area contributed by atoms with Crippen molar-refractivity contribution < 1.29 is 28.3 Å². The number of rotatable bonds is 8. The predicted octanol–water partition coefficient (Wildman–Crippen LogP) is 1.71. The summed E-state index contributed by atoms with van der Waals surface area (Å²) in [4.78, 5) is 59.5. The van der Waals surface area contributed by atoms with Crippen LogP contribution in [-0.2, 0) is 31.6 Å². The lowest BCUT2D eigenvalue weighted by molar-refractivity contribution is -0.143. The molecule has 4 rings (SSSR count). The topological polar surface area (TPSA) is 102 Å². The molecule has 2 aliphatic heterocycles. The van der Waals surface area contributed by atoms with Crippen LogP contribution in [0.1, 0.15) is 41.9 Å². The molecule has 0 spiro atoms. The van der Waals surface area contributed by atoms with Gasteiger partial charge in [-0.1, -0.05) is 18.2 Å². The van der Waals surface area contributed by atoms with Crippen LogP contribution >= 0.6 is 0 Å². The number of halogens is 1. The van der Waals surface area contributed by atoms with Crippen molar-refractivity contribution in [2.24, 2.45) is 13.0 Å². The number of nitrogens with zero attached hydrogens (tertiary/aromatic N) is 4. The molecule has 3 amide bonds. The molecular weight excluding hydrogens is 455 g/mol. The molecule has 2 aromatic rings. The average molecular weight is 485 g/mol. The van der Waals surface area contributed by atoms with Gasteiger partial charge in [0.15, 0.2) is 5.82 Å². The van der Waals surface area contributed by atoms with E-state index in [2.05, 4.69) is 4.98 Å². The van der Waals surface area contributed by atoms with Crippen molar-refractivity contribution in [2.75, 3.05) is 33.4 Å². The first-order valence-electron chi connectivity index (χ1n) is 11.7. The standard InChI is InChI=1S/C25H29FN4O5/c1-28-11-9-27-23(28)22(33)17-6-5-10-29(16-17)20(31)14-25(18-7-3-4-8-19(18)26)15-21(32)30(24(25)34)12-13-35-2/h3-4,7-9,11,17H,5-6,10,12-16H2,1-2H3/t17-,25+/m0/s1. The van der Waals surface area contributed by atoms with Crippen LogP contribution in [0.25, 0.3) is 0 Å². The van der Waals surface area contributed by atoms with Crippen molar-refractivity contribution in [3.8, 4) is 0 Å². The summed E-state index contributed by atoms with van der Waals surface area (Å²) in [5, 5.41) is 0. The third-order valence-electron chi connectivity index (χ3n) is 6.96. The molecule has 0 unspecified atom stereocenters. The van der Waals surface area contributed by atoms with Gasteiger partial charge in [0.25, 0.3) is 0 Å². The number of methoxy groups -OCH3 is 1. The van der Waals surface area contributed by atoms with Crippen LogP contribution in [0.5, 0.6) is 0 Å². The third-order valence-corrected chi connectivity index (χ3v) is 6.96. The number of hydrogen-bond acceptors (Lipinski definition) is 6. The summed E-state index contributed by atoms with van der Waals surface area (Å²) in [5.41, 5.74) is -1.60. The SMILES string of the molecule is COCCN1C(=O)C[C@](CC(=O)N2CCC[C@H](C(=O)c3nccn3C)C2)(c2ccccc2F)C1=O. The van der Waals surface area contributed by atoms with Crippen molar-refractivity contribution in [1.82, 2.24) is 19.4 Å². The number of imidazole rings is 1. The molecule has 0 aliphatic carbocycles. The zero-order valence-electron chi connectivity index (χ0n) is 19.9. The lowest BCUT2D eigenvalue weighted by atomic mass is 9.75. The summed E-state index contributed by atoms with van der Waals surface area (Å²) in [6, 6.07) is 5.76. The number of benzene rings is 1. The van der Waals surface area contributed by atoms with Crippen LogP contribution in [0.4, 0.5) is 4.39 Å². The number of likely N-dealkylation sites (tertiary alicyclic amines) is 2. The van der Waals surface area contributed by atoms with Crippen molar-refractivity contribution in [2.45, 2.75) is 31.1 Å². The summed E-state index contributed by atoms with van der Waals surface area (Å²) >= 11 is 0. The van der Waals surface area contributed by atoms with E-state index in [1.165, 1.54) is 25.3 Å². The Morgan fingerprint density at radius 1 is 1.26 bits per heavy atom. The number of carbonyl (C=O) groups is 4. The van der Waals surface area contributed by atoms with E-state index in [0.717, 1.165) is 4.90 Å². The molecule has 0 radical (unpaired) electrons. The predicted molar refractivity (Wildman–Crippen MR) is 123 cm³/mol. The quantitative estimate of drug-likeness (QED) is 0.418. The first-order valence-corrected chi connectivity index (χ1v) is 11.7. The maximum atomic E-state index is 14.9. The van der Waals surface area contributed by atoms with Crippen LogP contribution in [0.2, 0.25) is 0 Å². The maximum Gasteiger partial charge on any atom is 0.241 e. The fraction of sp³-hybridized carbons (Fsp3) is 0.480. The Balaban J connectivity index is 1.59. The number of carbonyl (C=O) groups excluding carboxylic acids is 4. The number of ether oxygens (including phenoxy) is 1. The first-order chi connectivity index (χ1) is 16.8. The van der Waals surface area contributed by atoms with Gasteiger partial charge in [0.2, 0.25) is 23.5 Å². The Morgan fingerprint density at radius 3 is 2.71 bits per heavy atom. The van der Waals surface area contributed by atoms with Crippen LogP contribution in [0.3, 0.4) is 0 Å². The Bertz CT molecular complexity index is 1150. The molecule has 1 aromatic heterocycles. The number of ketones is 1. The monoisotopic (exact) mass is 484 g/mol. The van der Waals surface area contributed by atoms with Crippen molar-refractivity contribution in [3.63, 3.8) is 0 Å². The second-order valence-electron chi connectivity index (χ2n) is 9.16. The maximum absolute atomic E-state index is 14.9. The largest absolute Gasteiger partial charge is 0.383 e. The molecule has 0 saturated carbocycles. The number of imide groups is 1. The minimum absolute atomic E-state index is 0.0303. The van der Waals surface area contributed by atoms with E-state index in [1.54, 1.807) is 35.0 Å². The van der Waals surface area contributed by atoms with Gasteiger partial charge in [-0.15, -0.1) is 0 Å².